The second-order valence-corrected chi connectivity index (χ2v) is 6.44. The molecule has 1 aliphatic heterocycles. The summed E-state index contributed by atoms with van der Waals surface area (Å²) in [6, 6.07) is -0.547. The van der Waals surface area contributed by atoms with Crippen LogP contribution in [0.1, 0.15) is 46.0 Å². The predicted octanol–water partition coefficient (Wildman–Crippen LogP) is 0.128. The summed E-state index contributed by atoms with van der Waals surface area (Å²) in [6.45, 7) is 3.41. The quantitative estimate of drug-likeness (QED) is 0.628. The summed E-state index contributed by atoms with van der Waals surface area (Å²) in [5, 5.41) is 15.1. The van der Waals surface area contributed by atoms with E-state index in [-0.39, 0.29) is 12.5 Å². The molecule has 2 rings (SSSR count). The summed E-state index contributed by atoms with van der Waals surface area (Å²) < 4.78 is 0. The third-order valence-corrected chi connectivity index (χ3v) is 4.44. The molecule has 4 amide bonds. The summed E-state index contributed by atoms with van der Waals surface area (Å²) in [4.78, 5) is 36.3. The first kappa shape index (κ1) is 15.8. The lowest BCUT2D eigenvalue weighted by molar-refractivity contribution is -0.127. The highest BCUT2D eigenvalue weighted by Gasteiger charge is 2.46. The van der Waals surface area contributed by atoms with Crippen molar-refractivity contribution in [2.75, 3.05) is 13.1 Å². The van der Waals surface area contributed by atoms with Crippen LogP contribution < -0.4 is 10.6 Å². The summed E-state index contributed by atoms with van der Waals surface area (Å²) in [6.07, 6.45) is 4.12. The van der Waals surface area contributed by atoms with Gasteiger partial charge in [-0.15, -0.1) is 0 Å². The lowest BCUT2D eigenvalue weighted by Gasteiger charge is -2.27. The Kier molecular flexibility index (Phi) is 4.22. The Labute approximate surface area is 124 Å². The van der Waals surface area contributed by atoms with Crippen LogP contribution in [0.15, 0.2) is 0 Å². The van der Waals surface area contributed by atoms with Crippen molar-refractivity contribution >= 4 is 17.8 Å². The van der Waals surface area contributed by atoms with Crippen molar-refractivity contribution in [3.63, 3.8) is 0 Å². The van der Waals surface area contributed by atoms with Gasteiger partial charge in [0.05, 0.1) is 5.60 Å². The fourth-order valence-electron chi connectivity index (χ4n) is 2.88. The molecular formula is C14H23N3O4. The first-order chi connectivity index (χ1) is 9.74. The van der Waals surface area contributed by atoms with Gasteiger partial charge in [0.1, 0.15) is 12.1 Å². The number of imide groups is 1. The molecule has 0 radical (unpaired) electrons. The average Bonchev–Trinajstić information content (AvgIpc) is 2.88. The lowest BCUT2D eigenvalue weighted by Crippen LogP contribution is -2.49. The zero-order valence-electron chi connectivity index (χ0n) is 12.6. The van der Waals surface area contributed by atoms with Crippen molar-refractivity contribution in [2.45, 2.75) is 57.1 Å². The molecule has 118 valence electrons. The van der Waals surface area contributed by atoms with E-state index in [2.05, 4.69) is 10.6 Å². The third-order valence-electron chi connectivity index (χ3n) is 4.44. The Morgan fingerprint density at radius 3 is 2.48 bits per heavy atom. The smallest absolute Gasteiger partial charge is 0.325 e. The number of amides is 4. The van der Waals surface area contributed by atoms with Gasteiger partial charge in [-0.3, -0.25) is 14.9 Å². The van der Waals surface area contributed by atoms with Crippen molar-refractivity contribution in [2.24, 2.45) is 0 Å². The molecule has 1 saturated heterocycles. The van der Waals surface area contributed by atoms with Crippen molar-refractivity contribution in [3.8, 4) is 0 Å². The Bertz CT molecular complexity index is 455. The monoisotopic (exact) mass is 297 g/mol. The molecular weight excluding hydrogens is 274 g/mol. The molecule has 3 N–H and O–H groups in total. The number of rotatable bonds is 5. The maximum absolute atomic E-state index is 11.9. The third kappa shape index (κ3) is 3.34. The number of hydrogen-bond acceptors (Lipinski definition) is 4. The Balaban J connectivity index is 1.79. The van der Waals surface area contributed by atoms with E-state index in [0.717, 1.165) is 25.7 Å². The van der Waals surface area contributed by atoms with E-state index in [1.807, 2.05) is 0 Å². The first-order valence-electron chi connectivity index (χ1n) is 7.37. The standard InChI is InChI=1S/C14H23N3O4/c1-13(2)11(19)16-12(20)17(13)9-10(18)15-8-7-14(21)5-3-4-6-14/h21H,3-9H2,1-2H3,(H,15,18)(H,16,19,20). The van der Waals surface area contributed by atoms with E-state index in [1.54, 1.807) is 13.8 Å². The summed E-state index contributed by atoms with van der Waals surface area (Å²) in [7, 11) is 0. The minimum Gasteiger partial charge on any atom is -0.390 e. The minimum absolute atomic E-state index is 0.164. The largest absolute Gasteiger partial charge is 0.390 e. The van der Waals surface area contributed by atoms with Crippen LogP contribution >= 0.6 is 0 Å². The molecule has 0 bridgehead atoms. The summed E-state index contributed by atoms with van der Waals surface area (Å²) in [5.74, 6) is -0.727. The number of aliphatic hydroxyl groups is 1. The highest BCUT2D eigenvalue weighted by atomic mass is 16.3. The normalized spacial score (nSPS) is 23.3. The van der Waals surface area contributed by atoms with Gasteiger partial charge in [0, 0.05) is 6.54 Å². The van der Waals surface area contributed by atoms with Crippen LogP contribution in [0.4, 0.5) is 4.79 Å². The van der Waals surface area contributed by atoms with Crippen molar-refractivity contribution in [1.29, 1.82) is 0 Å². The highest BCUT2D eigenvalue weighted by molar-refractivity contribution is 6.07. The number of hydrogen-bond donors (Lipinski definition) is 3. The molecule has 1 saturated carbocycles. The van der Waals surface area contributed by atoms with Gasteiger partial charge in [0.15, 0.2) is 0 Å². The van der Waals surface area contributed by atoms with E-state index in [9.17, 15) is 19.5 Å². The molecule has 2 fully saturated rings. The maximum atomic E-state index is 11.9. The highest BCUT2D eigenvalue weighted by Crippen LogP contribution is 2.31. The zero-order valence-corrected chi connectivity index (χ0v) is 12.6. The van der Waals surface area contributed by atoms with E-state index in [0.29, 0.717) is 13.0 Å². The zero-order chi connectivity index (χ0) is 15.7. The van der Waals surface area contributed by atoms with Crippen molar-refractivity contribution in [1.82, 2.24) is 15.5 Å². The van der Waals surface area contributed by atoms with Gasteiger partial charge in [-0.05, 0) is 33.1 Å². The van der Waals surface area contributed by atoms with Gasteiger partial charge in [-0.2, -0.15) is 0 Å². The number of nitrogens with zero attached hydrogens (tertiary/aromatic N) is 1. The molecule has 2 aliphatic rings. The first-order valence-corrected chi connectivity index (χ1v) is 7.37. The van der Waals surface area contributed by atoms with Gasteiger partial charge in [0.25, 0.3) is 5.91 Å². The molecule has 1 aliphatic carbocycles. The van der Waals surface area contributed by atoms with Crippen LogP contribution in [0.5, 0.6) is 0 Å². The van der Waals surface area contributed by atoms with Crippen LogP contribution in [-0.2, 0) is 9.59 Å². The van der Waals surface area contributed by atoms with Gasteiger partial charge >= 0.3 is 6.03 Å². The van der Waals surface area contributed by atoms with Crippen LogP contribution in [0.25, 0.3) is 0 Å². The van der Waals surface area contributed by atoms with Gasteiger partial charge in [-0.25, -0.2) is 4.79 Å². The molecule has 7 heteroatoms. The molecule has 1 heterocycles. The number of urea groups is 1. The minimum atomic E-state index is -1.02. The van der Waals surface area contributed by atoms with Gasteiger partial charge < -0.3 is 15.3 Å². The predicted molar refractivity (Wildman–Crippen MR) is 75.4 cm³/mol. The second kappa shape index (κ2) is 5.63. The topological polar surface area (TPSA) is 98.7 Å². The Morgan fingerprint density at radius 2 is 1.95 bits per heavy atom. The van der Waals surface area contributed by atoms with E-state index in [1.165, 1.54) is 4.90 Å². The number of nitrogens with one attached hydrogen (secondary N) is 2. The maximum Gasteiger partial charge on any atom is 0.325 e. The average molecular weight is 297 g/mol. The molecule has 7 nitrogen and oxygen atoms in total. The fraction of sp³-hybridized carbons (Fsp3) is 0.786. The summed E-state index contributed by atoms with van der Waals surface area (Å²) >= 11 is 0. The molecule has 21 heavy (non-hydrogen) atoms. The second-order valence-electron chi connectivity index (χ2n) is 6.44. The van der Waals surface area contributed by atoms with E-state index < -0.39 is 23.1 Å². The molecule has 0 aromatic carbocycles. The Morgan fingerprint density at radius 1 is 1.33 bits per heavy atom. The lowest BCUT2D eigenvalue weighted by atomic mass is 9.98. The van der Waals surface area contributed by atoms with Crippen molar-refractivity contribution in [3.05, 3.63) is 0 Å². The van der Waals surface area contributed by atoms with Gasteiger partial charge in [-0.1, -0.05) is 12.8 Å². The summed E-state index contributed by atoms with van der Waals surface area (Å²) in [5.41, 5.74) is -1.67. The van der Waals surface area contributed by atoms with Crippen LogP contribution in [0.3, 0.4) is 0 Å². The van der Waals surface area contributed by atoms with Crippen LogP contribution in [0, 0.1) is 0 Å². The molecule has 0 atom stereocenters. The fourth-order valence-corrected chi connectivity index (χ4v) is 2.88. The van der Waals surface area contributed by atoms with Crippen LogP contribution in [-0.4, -0.2) is 52.1 Å². The van der Waals surface area contributed by atoms with E-state index >= 15 is 0 Å². The molecule has 0 spiro atoms. The molecule has 0 unspecified atom stereocenters. The Hall–Kier alpha value is -1.63. The van der Waals surface area contributed by atoms with Gasteiger partial charge in [0.2, 0.25) is 5.91 Å². The molecule has 0 aromatic rings. The van der Waals surface area contributed by atoms with Crippen molar-refractivity contribution < 1.29 is 19.5 Å². The SMILES string of the molecule is CC1(C)C(=O)NC(=O)N1CC(=O)NCCC1(O)CCCC1. The number of carbonyl (C=O) groups is 3. The van der Waals surface area contributed by atoms with Crippen LogP contribution in [0.2, 0.25) is 0 Å². The molecule has 0 aromatic heterocycles. The number of carbonyl (C=O) groups excluding carboxylic acids is 3. The van der Waals surface area contributed by atoms with E-state index in [4.69, 9.17) is 0 Å².